The highest BCUT2D eigenvalue weighted by atomic mass is 79.9. The highest BCUT2D eigenvalue weighted by Crippen LogP contribution is 2.23. The molecule has 86 valence electrons. The molecule has 0 saturated heterocycles. The summed E-state index contributed by atoms with van der Waals surface area (Å²) in [6.45, 7) is 1.54. The number of ether oxygens (including phenoxy) is 1. The molecule has 1 aromatic carbocycles. The van der Waals surface area contributed by atoms with Crippen LogP contribution in [0.1, 0.15) is 18.1 Å². The van der Waals surface area contributed by atoms with Gasteiger partial charge in [0.1, 0.15) is 5.78 Å². The average Bonchev–Trinajstić information content (AvgIpc) is 2.23. The maximum Gasteiger partial charge on any atom is 0.310 e. The maximum atomic E-state index is 11.2. The molecule has 0 amide bonds. The van der Waals surface area contributed by atoms with Crippen molar-refractivity contribution in [2.24, 2.45) is 0 Å². The van der Waals surface area contributed by atoms with Crippen molar-refractivity contribution in [2.45, 2.75) is 19.8 Å². The summed E-state index contributed by atoms with van der Waals surface area (Å²) in [7, 11) is 1.36. The molecule has 1 rings (SSSR count). The third-order valence-corrected chi connectivity index (χ3v) is 3.18. The number of esters is 1. The minimum absolute atomic E-state index is 0.0934. The van der Waals surface area contributed by atoms with Gasteiger partial charge >= 0.3 is 5.97 Å². The molecule has 0 heterocycles. The number of methoxy groups -OCH3 is 1. The van der Waals surface area contributed by atoms with Crippen LogP contribution >= 0.6 is 15.9 Å². The lowest BCUT2D eigenvalue weighted by atomic mass is 10.0. The van der Waals surface area contributed by atoms with Crippen LogP contribution in [-0.2, 0) is 27.2 Å². The number of hydrogen-bond acceptors (Lipinski definition) is 3. The van der Waals surface area contributed by atoms with E-state index in [0.717, 1.165) is 15.6 Å². The number of ketones is 1. The molecule has 0 spiro atoms. The molecular formula is C12H13BrO3. The number of Topliss-reactive ketones (excluding diaryl/α,β-unsaturated/α-hetero) is 1. The van der Waals surface area contributed by atoms with E-state index in [0.29, 0.717) is 6.42 Å². The average molecular weight is 285 g/mol. The van der Waals surface area contributed by atoms with Gasteiger partial charge in [-0.2, -0.15) is 0 Å². The smallest absolute Gasteiger partial charge is 0.310 e. The van der Waals surface area contributed by atoms with Gasteiger partial charge in [0.2, 0.25) is 0 Å². The summed E-state index contributed by atoms with van der Waals surface area (Å²) in [6, 6.07) is 5.54. The van der Waals surface area contributed by atoms with Crippen LogP contribution in [0.5, 0.6) is 0 Å². The Balaban J connectivity index is 2.94. The van der Waals surface area contributed by atoms with Gasteiger partial charge in [-0.05, 0) is 18.1 Å². The van der Waals surface area contributed by atoms with E-state index in [9.17, 15) is 9.59 Å². The Morgan fingerprint density at radius 2 is 1.81 bits per heavy atom. The molecule has 0 aliphatic heterocycles. The number of halogens is 1. The molecule has 0 fully saturated rings. The van der Waals surface area contributed by atoms with E-state index >= 15 is 0 Å². The van der Waals surface area contributed by atoms with Crippen LogP contribution in [-0.4, -0.2) is 18.9 Å². The Morgan fingerprint density at radius 3 is 2.31 bits per heavy atom. The Labute approximate surface area is 103 Å². The summed E-state index contributed by atoms with van der Waals surface area (Å²) >= 11 is 3.41. The highest BCUT2D eigenvalue weighted by molar-refractivity contribution is 9.10. The molecule has 0 N–H and O–H groups in total. The first-order valence-corrected chi connectivity index (χ1v) is 5.66. The Kier molecular flexibility index (Phi) is 4.68. The van der Waals surface area contributed by atoms with E-state index in [4.69, 9.17) is 0 Å². The minimum Gasteiger partial charge on any atom is -0.469 e. The molecule has 0 bridgehead atoms. The zero-order valence-electron chi connectivity index (χ0n) is 9.25. The van der Waals surface area contributed by atoms with Crippen LogP contribution in [0.3, 0.4) is 0 Å². The molecule has 4 heteroatoms. The normalized spacial score (nSPS) is 9.94. The minimum atomic E-state index is -0.291. The molecule has 0 aromatic heterocycles. The van der Waals surface area contributed by atoms with E-state index in [-0.39, 0.29) is 18.2 Å². The standard InChI is InChI=1S/C12H13BrO3/c1-8(14)6-9-4-3-5-10(12(9)13)7-11(15)16-2/h3-5H,6-7H2,1-2H3. The first-order chi connectivity index (χ1) is 7.54. The molecule has 0 aliphatic carbocycles. The second kappa shape index (κ2) is 5.80. The lowest BCUT2D eigenvalue weighted by Gasteiger charge is -2.07. The van der Waals surface area contributed by atoms with Crippen molar-refractivity contribution < 1.29 is 14.3 Å². The molecular weight excluding hydrogens is 272 g/mol. The molecule has 0 unspecified atom stereocenters. The molecule has 0 atom stereocenters. The summed E-state index contributed by atoms with van der Waals surface area (Å²) in [5.74, 6) is -0.198. The van der Waals surface area contributed by atoms with Crippen molar-refractivity contribution in [3.05, 3.63) is 33.8 Å². The monoisotopic (exact) mass is 284 g/mol. The third-order valence-electron chi connectivity index (χ3n) is 2.16. The van der Waals surface area contributed by atoms with Crippen molar-refractivity contribution in [3.63, 3.8) is 0 Å². The summed E-state index contributed by atoms with van der Waals surface area (Å²) < 4.78 is 5.42. The van der Waals surface area contributed by atoms with Gasteiger partial charge in [0.15, 0.2) is 0 Å². The first kappa shape index (κ1) is 12.9. The van der Waals surface area contributed by atoms with E-state index in [1.165, 1.54) is 7.11 Å². The Bertz CT molecular complexity index is 413. The maximum absolute atomic E-state index is 11.2. The zero-order chi connectivity index (χ0) is 12.1. The first-order valence-electron chi connectivity index (χ1n) is 4.87. The van der Waals surface area contributed by atoms with Gasteiger partial charge in [-0.15, -0.1) is 0 Å². The van der Waals surface area contributed by atoms with E-state index in [1.54, 1.807) is 6.92 Å². The fourth-order valence-electron chi connectivity index (χ4n) is 1.40. The molecule has 0 radical (unpaired) electrons. The van der Waals surface area contributed by atoms with Crippen LogP contribution in [0.15, 0.2) is 22.7 Å². The van der Waals surface area contributed by atoms with Gasteiger partial charge in [-0.25, -0.2) is 0 Å². The molecule has 1 aromatic rings. The quantitative estimate of drug-likeness (QED) is 0.797. The summed E-state index contributed by atoms with van der Waals surface area (Å²) in [6.07, 6.45) is 0.582. The SMILES string of the molecule is COC(=O)Cc1cccc(CC(C)=O)c1Br. The third kappa shape index (κ3) is 3.45. The zero-order valence-corrected chi connectivity index (χ0v) is 10.8. The lowest BCUT2D eigenvalue weighted by Crippen LogP contribution is -2.06. The van der Waals surface area contributed by atoms with Crippen LogP contribution in [0.2, 0.25) is 0 Å². The fourth-order valence-corrected chi connectivity index (χ4v) is 1.95. The van der Waals surface area contributed by atoms with Crippen molar-refractivity contribution >= 4 is 27.7 Å². The molecule has 0 aliphatic rings. The molecule has 3 nitrogen and oxygen atoms in total. The van der Waals surface area contributed by atoms with E-state index in [2.05, 4.69) is 20.7 Å². The molecule has 0 saturated carbocycles. The fraction of sp³-hybridized carbons (Fsp3) is 0.333. The largest absolute Gasteiger partial charge is 0.469 e. The predicted molar refractivity (Wildman–Crippen MR) is 64.2 cm³/mol. The van der Waals surface area contributed by atoms with Crippen LogP contribution in [0, 0.1) is 0 Å². The number of rotatable bonds is 4. The topological polar surface area (TPSA) is 43.4 Å². The van der Waals surface area contributed by atoms with Crippen LogP contribution in [0.25, 0.3) is 0 Å². The lowest BCUT2D eigenvalue weighted by molar-refractivity contribution is -0.139. The number of hydrogen-bond donors (Lipinski definition) is 0. The number of carbonyl (C=O) groups is 2. The van der Waals surface area contributed by atoms with Crippen LogP contribution in [0.4, 0.5) is 0 Å². The van der Waals surface area contributed by atoms with Crippen molar-refractivity contribution in [3.8, 4) is 0 Å². The van der Waals surface area contributed by atoms with Crippen molar-refractivity contribution in [2.75, 3.05) is 7.11 Å². The van der Waals surface area contributed by atoms with E-state index < -0.39 is 0 Å². The van der Waals surface area contributed by atoms with Gasteiger partial charge in [0.05, 0.1) is 13.5 Å². The van der Waals surface area contributed by atoms with Gasteiger partial charge < -0.3 is 4.74 Å². The summed E-state index contributed by atoms with van der Waals surface area (Å²) in [5.41, 5.74) is 1.74. The molecule has 16 heavy (non-hydrogen) atoms. The number of carbonyl (C=O) groups excluding carboxylic acids is 2. The van der Waals surface area contributed by atoms with Gasteiger partial charge in [0.25, 0.3) is 0 Å². The van der Waals surface area contributed by atoms with Crippen molar-refractivity contribution in [1.29, 1.82) is 0 Å². The van der Waals surface area contributed by atoms with E-state index in [1.807, 2.05) is 18.2 Å². The van der Waals surface area contributed by atoms with Gasteiger partial charge in [0, 0.05) is 10.9 Å². The van der Waals surface area contributed by atoms with Gasteiger partial charge in [-0.3, -0.25) is 9.59 Å². The summed E-state index contributed by atoms with van der Waals surface area (Å²) in [5, 5.41) is 0. The second-order valence-corrected chi connectivity index (χ2v) is 4.31. The Hall–Kier alpha value is -1.16. The van der Waals surface area contributed by atoms with Gasteiger partial charge in [-0.1, -0.05) is 34.1 Å². The second-order valence-electron chi connectivity index (χ2n) is 3.52. The van der Waals surface area contributed by atoms with Crippen molar-refractivity contribution in [1.82, 2.24) is 0 Å². The predicted octanol–water partition coefficient (Wildman–Crippen LogP) is 2.30. The van der Waals surface area contributed by atoms with Crippen LogP contribution < -0.4 is 0 Å². The Morgan fingerprint density at radius 1 is 1.25 bits per heavy atom. The number of benzene rings is 1. The summed E-state index contributed by atoms with van der Waals surface area (Å²) in [4.78, 5) is 22.2. The highest BCUT2D eigenvalue weighted by Gasteiger charge is 2.10.